The Morgan fingerprint density at radius 2 is 1.85 bits per heavy atom. The first-order valence-corrected chi connectivity index (χ1v) is 7.58. The van der Waals surface area contributed by atoms with Gasteiger partial charge in [-0.05, 0) is 29.7 Å². The summed E-state index contributed by atoms with van der Waals surface area (Å²) in [6.45, 7) is 0. The van der Waals surface area contributed by atoms with E-state index in [2.05, 4.69) is 36.8 Å². The zero-order valence-corrected chi connectivity index (χ0v) is 13.5. The lowest BCUT2D eigenvalue weighted by atomic mass is 9.98. The highest BCUT2D eigenvalue weighted by atomic mass is 79.9. The van der Waals surface area contributed by atoms with Crippen LogP contribution in [0.15, 0.2) is 63.8 Å². The third-order valence-corrected chi connectivity index (χ3v) is 4.29. The molecule has 0 unspecified atom stereocenters. The van der Waals surface area contributed by atoms with Gasteiger partial charge in [-0.25, -0.2) is 0 Å². The van der Waals surface area contributed by atoms with Crippen LogP contribution >= 0.6 is 31.9 Å². The lowest BCUT2D eigenvalue weighted by molar-refractivity contribution is 0.103. The van der Waals surface area contributed by atoms with Gasteiger partial charge in [-0.1, -0.05) is 50.1 Å². The van der Waals surface area contributed by atoms with E-state index in [4.69, 9.17) is 0 Å². The van der Waals surface area contributed by atoms with Crippen LogP contribution in [0.5, 0.6) is 0 Å². The molecule has 98 valence electrons. The lowest BCUT2D eigenvalue weighted by Crippen LogP contribution is -2.03. The number of carbonyl (C=O) groups is 1. The number of pyridine rings is 1. The van der Waals surface area contributed by atoms with Gasteiger partial charge >= 0.3 is 0 Å². The van der Waals surface area contributed by atoms with Gasteiger partial charge in [0.05, 0.1) is 0 Å². The van der Waals surface area contributed by atoms with Gasteiger partial charge in [0, 0.05) is 37.9 Å². The molecule has 0 radical (unpaired) electrons. The number of rotatable bonds is 2. The summed E-state index contributed by atoms with van der Waals surface area (Å²) in [5.74, 6) is -0.0169. The smallest absolute Gasteiger partial charge is 0.194 e. The van der Waals surface area contributed by atoms with Gasteiger partial charge in [0.1, 0.15) is 0 Å². The second-order valence-electron chi connectivity index (χ2n) is 4.36. The van der Waals surface area contributed by atoms with E-state index in [1.165, 1.54) is 0 Å². The van der Waals surface area contributed by atoms with Gasteiger partial charge in [-0.3, -0.25) is 9.78 Å². The van der Waals surface area contributed by atoms with Gasteiger partial charge in [0.25, 0.3) is 0 Å². The summed E-state index contributed by atoms with van der Waals surface area (Å²) >= 11 is 6.84. The van der Waals surface area contributed by atoms with Crippen molar-refractivity contribution in [2.75, 3.05) is 0 Å². The molecule has 0 aliphatic carbocycles. The van der Waals surface area contributed by atoms with E-state index < -0.39 is 0 Å². The maximum absolute atomic E-state index is 12.8. The van der Waals surface area contributed by atoms with Crippen molar-refractivity contribution in [3.8, 4) is 0 Å². The molecular formula is C16H9Br2NO. The third kappa shape index (κ3) is 2.41. The van der Waals surface area contributed by atoms with Crippen molar-refractivity contribution in [3.05, 3.63) is 74.9 Å². The van der Waals surface area contributed by atoms with E-state index in [0.717, 1.165) is 19.7 Å². The standard InChI is InChI=1S/C16H9Br2NO/c17-11-4-5-15(18)13(8-11)16(20)12-3-1-2-10-6-7-19-9-14(10)12/h1-9H. The number of carbonyl (C=O) groups excluding carboxylic acids is 1. The number of halogens is 2. The van der Waals surface area contributed by atoms with Crippen molar-refractivity contribution in [2.24, 2.45) is 0 Å². The molecule has 0 saturated carbocycles. The first-order chi connectivity index (χ1) is 9.66. The zero-order valence-electron chi connectivity index (χ0n) is 10.3. The fourth-order valence-electron chi connectivity index (χ4n) is 2.13. The molecule has 0 saturated heterocycles. The monoisotopic (exact) mass is 389 g/mol. The van der Waals surface area contributed by atoms with Crippen molar-refractivity contribution >= 4 is 48.4 Å². The summed E-state index contributed by atoms with van der Waals surface area (Å²) in [6.07, 6.45) is 3.46. The molecular weight excluding hydrogens is 382 g/mol. The largest absolute Gasteiger partial charge is 0.289 e. The van der Waals surface area contributed by atoms with Gasteiger partial charge < -0.3 is 0 Å². The predicted octanol–water partition coefficient (Wildman–Crippen LogP) is 4.99. The highest BCUT2D eigenvalue weighted by Gasteiger charge is 2.15. The summed E-state index contributed by atoms with van der Waals surface area (Å²) in [7, 11) is 0. The molecule has 0 bridgehead atoms. The quantitative estimate of drug-likeness (QED) is 0.577. The number of nitrogens with zero attached hydrogens (tertiary/aromatic N) is 1. The molecule has 0 spiro atoms. The molecule has 20 heavy (non-hydrogen) atoms. The van der Waals surface area contributed by atoms with Crippen LogP contribution in [0.1, 0.15) is 15.9 Å². The maximum Gasteiger partial charge on any atom is 0.194 e. The highest BCUT2D eigenvalue weighted by Crippen LogP contribution is 2.27. The first kappa shape index (κ1) is 13.5. The fraction of sp³-hybridized carbons (Fsp3) is 0. The van der Waals surface area contributed by atoms with Gasteiger partial charge in [0.15, 0.2) is 5.78 Å². The summed E-state index contributed by atoms with van der Waals surface area (Å²) in [6, 6.07) is 13.2. The molecule has 0 fully saturated rings. The van der Waals surface area contributed by atoms with Crippen molar-refractivity contribution in [3.63, 3.8) is 0 Å². The van der Waals surface area contributed by atoms with Crippen LogP contribution < -0.4 is 0 Å². The minimum Gasteiger partial charge on any atom is -0.289 e. The summed E-state index contributed by atoms with van der Waals surface area (Å²) in [4.78, 5) is 16.9. The third-order valence-electron chi connectivity index (χ3n) is 3.10. The number of aromatic nitrogens is 1. The van der Waals surface area contributed by atoms with E-state index in [-0.39, 0.29) is 5.78 Å². The van der Waals surface area contributed by atoms with E-state index in [9.17, 15) is 4.79 Å². The molecule has 0 aliphatic rings. The maximum atomic E-state index is 12.8. The fourth-order valence-corrected chi connectivity index (χ4v) is 2.92. The lowest BCUT2D eigenvalue weighted by Gasteiger charge is -2.07. The van der Waals surface area contributed by atoms with E-state index in [1.807, 2.05) is 42.5 Å². The number of benzene rings is 2. The Kier molecular flexibility index (Phi) is 3.68. The summed E-state index contributed by atoms with van der Waals surface area (Å²) in [5.41, 5.74) is 1.30. The molecule has 3 aromatic rings. The highest BCUT2D eigenvalue weighted by molar-refractivity contribution is 9.11. The Morgan fingerprint density at radius 1 is 1.00 bits per heavy atom. The average molecular weight is 391 g/mol. The van der Waals surface area contributed by atoms with Crippen LogP contribution in [-0.4, -0.2) is 10.8 Å². The molecule has 3 rings (SSSR count). The van der Waals surface area contributed by atoms with Gasteiger partial charge in [-0.2, -0.15) is 0 Å². The minimum absolute atomic E-state index is 0.0169. The topological polar surface area (TPSA) is 30.0 Å². The molecule has 0 aliphatic heterocycles. The molecule has 0 atom stereocenters. The summed E-state index contributed by atoms with van der Waals surface area (Å²) < 4.78 is 1.66. The Bertz CT molecular complexity index is 809. The molecule has 4 heteroatoms. The Labute approximate surface area is 133 Å². The Morgan fingerprint density at radius 3 is 2.70 bits per heavy atom. The molecule has 1 aromatic heterocycles. The van der Waals surface area contributed by atoms with Crippen LogP contribution in [0.3, 0.4) is 0 Å². The normalized spacial score (nSPS) is 10.7. The molecule has 0 amide bonds. The first-order valence-electron chi connectivity index (χ1n) is 5.99. The van der Waals surface area contributed by atoms with Crippen LogP contribution in [0, 0.1) is 0 Å². The molecule has 2 nitrogen and oxygen atoms in total. The van der Waals surface area contributed by atoms with Crippen LogP contribution in [0.4, 0.5) is 0 Å². The van der Waals surface area contributed by atoms with Crippen molar-refractivity contribution in [1.29, 1.82) is 0 Å². The van der Waals surface area contributed by atoms with E-state index in [0.29, 0.717) is 11.1 Å². The van der Waals surface area contributed by atoms with Crippen LogP contribution in [0.2, 0.25) is 0 Å². The van der Waals surface area contributed by atoms with Crippen LogP contribution in [0.25, 0.3) is 10.8 Å². The summed E-state index contributed by atoms with van der Waals surface area (Å²) in [5, 5.41) is 1.88. The van der Waals surface area contributed by atoms with Crippen LogP contribution in [-0.2, 0) is 0 Å². The minimum atomic E-state index is -0.0169. The van der Waals surface area contributed by atoms with Crippen molar-refractivity contribution in [1.82, 2.24) is 4.98 Å². The van der Waals surface area contributed by atoms with Gasteiger partial charge in [-0.15, -0.1) is 0 Å². The predicted molar refractivity (Wildman–Crippen MR) is 87.0 cm³/mol. The number of hydrogen-bond acceptors (Lipinski definition) is 2. The van der Waals surface area contributed by atoms with E-state index in [1.54, 1.807) is 12.4 Å². The number of ketones is 1. The number of fused-ring (bicyclic) bond motifs is 1. The average Bonchev–Trinajstić information content (AvgIpc) is 2.48. The zero-order chi connectivity index (χ0) is 14.1. The second kappa shape index (κ2) is 5.46. The van der Waals surface area contributed by atoms with Crippen molar-refractivity contribution in [2.45, 2.75) is 0 Å². The second-order valence-corrected chi connectivity index (χ2v) is 6.13. The van der Waals surface area contributed by atoms with Crippen molar-refractivity contribution < 1.29 is 4.79 Å². The Balaban J connectivity index is 2.20. The number of hydrogen-bond donors (Lipinski definition) is 0. The molecule has 1 heterocycles. The molecule has 2 aromatic carbocycles. The Hall–Kier alpha value is -1.52. The van der Waals surface area contributed by atoms with Gasteiger partial charge in [0.2, 0.25) is 0 Å². The molecule has 0 N–H and O–H groups in total. The van der Waals surface area contributed by atoms with E-state index >= 15 is 0 Å². The SMILES string of the molecule is O=C(c1cc(Br)ccc1Br)c1cccc2ccncc12.